The summed E-state index contributed by atoms with van der Waals surface area (Å²) in [5, 5.41) is 5.46. The van der Waals surface area contributed by atoms with Gasteiger partial charge in [-0.15, -0.1) is 0 Å². The van der Waals surface area contributed by atoms with E-state index >= 15 is 0 Å². The minimum absolute atomic E-state index is 0.0857. The summed E-state index contributed by atoms with van der Waals surface area (Å²) in [5.74, 6) is -0.130. The molecule has 1 aliphatic rings. The number of rotatable bonds is 5. The Kier molecular flexibility index (Phi) is 6.82. The number of hydrogen-bond donors (Lipinski definition) is 0. The Hall–Kier alpha value is -2.83. The molecule has 0 unspecified atom stereocenters. The summed E-state index contributed by atoms with van der Waals surface area (Å²) in [4.78, 5) is 29.1. The van der Waals surface area contributed by atoms with E-state index in [-0.39, 0.29) is 18.0 Å². The largest absolute Gasteiger partial charge is 0.367 e. The molecule has 0 N–H and O–H groups in total. The summed E-state index contributed by atoms with van der Waals surface area (Å²) < 4.78 is 1.24. The van der Waals surface area contributed by atoms with Crippen LogP contribution in [0.15, 0.2) is 59.4 Å². The number of nitrogens with zero attached hydrogens (tertiary/aromatic N) is 4. The lowest BCUT2D eigenvalue weighted by Crippen LogP contribution is -2.50. The van der Waals surface area contributed by atoms with Gasteiger partial charge in [0.05, 0.1) is 21.4 Å². The van der Waals surface area contributed by atoms with Crippen LogP contribution in [0.1, 0.15) is 12.5 Å². The van der Waals surface area contributed by atoms with Gasteiger partial charge in [0.25, 0.3) is 5.56 Å². The second kappa shape index (κ2) is 9.76. The third-order valence-corrected chi connectivity index (χ3v) is 6.52. The summed E-state index contributed by atoms with van der Waals surface area (Å²) >= 11 is 12.5. The normalized spacial score (nSPS) is 14.0. The SMILES string of the molecule is CCc1ccc(-c2ccc(=O)n(CC(=O)N3CCN(c4cccc(Cl)c4Cl)CC3)n2)cc1. The van der Waals surface area contributed by atoms with E-state index in [1.807, 2.05) is 36.4 Å². The van der Waals surface area contributed by atoms with Crippen molar-refractivity contribution in [3.8, 4) is 11.3 Å². The Morgan fingerprint density at radius 1 is 0.969 bits per heavy atom. The molecule has 1 aromatic heterocycles. The van der Waals surface area contributed by atoms with Crippen molar-refractivity contribution < 1.29 is 4.79 Å². The van der Waals surface area contributed by atoms with Crippen LogP contribution in [0.4, 0.5) is 5.69 Å². The van der Waals surface area contributed by atoms with Crippen molar-refractivity contribution >= 4 is 34.8 Å². The molecule has 4 rings (SSSR count). The van der Waals surface area contributed by atoms with E-state index in [9.17, 15) is 9.59 Å². The van der Waals surface area contributed by atoms with Crippen LogP contribution in [0.2, 0.25) is 10.0 Å². The van der Waals surface area contributed by atoms with Crippen molar-refractivity contribution in [1.82, 2.24) is 14.7 Å². The zero-order valence-electron chi connectivity index (χ0n) is 17.8. The number of benzene rings is 2. The minimum Gasteiger partial charge on any atom is -0.367 e. The number of aromatic nitrogens is 2. The van der Waals surface area contributed by atoms with Gasteiger partial charge in [0.2, 0.25) is 5.91 Å². The highest BCUT2D eigenvalue weighted by Gasteiger charge is 2.23. The third kappa shape index (κ3) is 4.81. The summed E-state index contributed by atoms with van der Waals surface area (Å²) in [5.41, 5.74) is 3.38. The Labute approximate surface area is 197 Å². The highest BCUT2D eigenvalue weighted by atomic mass is 35.5. The summed E-state index contributed by atoms with van der Waals surface area (Å²) in [6.07, 6.45) is 0.957. The topological polar surface area (TPSA) is 58.4 Å². The standard InChI is InChI=1S/C24H24Cl2N4O2/c1-2-17-6-8-18(9-7-17)20-10-11-22(31)30(27-20)16-23(32)29-14-12-28(13-15-29)21-5-3-4-19(25)24(21)26/h3-11H,2,12-16H2,1H3. The van der Waals surface area contributed by atoms with E-state index in [2.05, 4.69) is 16.9 Å². The summed E-state index contributed by atoms with van der Waals surface area (Å²) in [6.45, 7) is 4.36. The maximum Gasteiger partial charge on any atom is 0.267 e. The van der Waals surface area contributed by atoms with Crippen LogP contribution < -0.4 is 10.5 Å². The molecule has 32 heavy (non-hydrogen) atoms. The molecule has 0 bridgehead atoms. The molecule has 2 heterocycles. The predicted octanol–water partition coefficient (Wildman–Crippen LogP) is 4.13. The fourth-order valence-corrected chi connectivity index (χ4v) is 4.20. The van der Waals surface area contributed by atoms with Gasteiger partial charge >= 0.3 is 0 Å². The molecule has 0 atom stereocenters. The molecule has 0 saturated carbocycles. The molecular weight excluding hydrogens is 447 g/mol. The number of aryl methyl sites for hydroxylation is 1. The average Bonchev–Trinajstić information content (AvgIpc) is 2.82. The quantitative estimate of drug-likeness (QED) is 0.562. The van der Waals surface area contributed by atoms with Gasteiger partial charge in [0.15, 0.2) is 0 Å². The molecule has 1 fully saturated rings. The van der Waals surface area contributed by atoms with E-state index < -0.39 is 0 Å². The maximum absolute atomic E-state index is 12.9. The number of halogens is 2. The highest BCUT2D eigenvalue weighted by molar-refractivity contribution is 6.43. The van der Waals surface area contributed by atoms with Crippen molar-refractivity contribution in [2.24, 2.45) is 0 Å². The Morgan fingerprint density at radius 2 is 1.69 bits per heavy atom. The molecule has 1 amide bonds. The van der Waals surface area contributed by atoms with Gasteiger partial charge in [-0.1, -0.05) is 60.5 Å². The first kappa shape index (κ1) is 22.4. The van der Waals surface area contributed by atoms with Crippen molar-refractivity contribution in [1.29, 1.82) is 0 Å². The van der Waals surface area contributed by atoms with E-state index in [1.54, 1.807) is 17.0 Å². The van der Waals surface area contributed by atoms with Gasteiger partial charge in [0, 0.05) is 37.8 Å². The molecule has 6 nitrogen and oxygen atoms in total. The van der Waals surface area contributed by atoms with Crippen molar-refractivity contribution in [2.45, 2.75) is 19.9 Å². The lowest BCUT2D eigenvalue weighted by atomic mass is 10.1. The minimum atomic E-state index is -0.295. The Morgan fingerprint density at radius 3 is 2.38 bits per heavy atom. The second-order valence-electron chi connectivity index (χ2n) is 7.71. The first-order valence-electron chi connectivity index (χ1n) is 10.6. The fraction of sp³-hybridized carbons (Fsp3) is 0.292. The van der Waals surface area contributed by atoms with Crippen LogP contribution in [-0.4, -0.2) is 46.8 Å². The maximum atomic E-state index is 12.9. The number of piperazine rings is 1. The van der Waals surface area contributed by atoms with Gasteiger partial charge in [-0.25, -0.2) is 4.68 Å². The Bertz CT molecular complexity index is 1170. The highest BCUT2D eigenvalue weighted by Crippen LogP contribution is 2.32. The lowest BCUT2D eigenvalue weighted by Gasteiger charge is -2.36. The fourth-order valence-electron chi connectivity index (χ4n) is 3.79. The van der Waals surface area contributed by atoms with Crippen LogP contribution in [0.25, 0.3) is 11.3 Å². The Balaban J connectivity index is 1.43. The predicted molar refractivity (Wildman–Crippen MR) is 129 cm³/mol. The molecule has 0 aliphatic carbocycles. The van der Waals surface area contributed by atoms with Crippen molar-refractivity contribution in [3.63, 3.8) is 0 Å². The molecule has 8 heteroatoms. The molecule has 0 radical (unpaired) electrons. The third-order valence-electron chi connectivity index (χ3n) is 5.71. The second-order valence-corrected chi connectivity index (χ2v) is 8.49. The number of carbonyl (C=O) groups is 1. The number of anilines is 1. The number of amides is 1. The van der Waals surface area contributed by atoms with Gasteiger partial charge in [-0.3, -0.25) is 9.59 Å². The first-order chi connectivity index (χ1) is 15.5. The van der Waals surface area contributed by atoms with Crippen molar-refractivity contribution in [3.05, 3.63) is 80.6 Å². The number of carbonyl (C=O) groups excluding carboxylic acids is 1. The van der Waals surface area contributed by atoms with E-state index in [4.69, 9.17) is 23.2 Å². The van der Waals surface area contributed by atoms with E-state index in [0.29, 0.717) is 41.9 Å². The molecule has 2 aromatic carbocycles. The van der Waals surface area contributed by atoms with Crippen molar-refractivity contribution in [2.75, 3.05) is 31.1 Å². The summed E-state index contributed by atoms with van der Waals surface area (Å²) in [6, 6.07) is 16.8. The smallest absolute Gasteiger partial charge is 0.267 e. The van der Waals surface area contributed by atoms with E-state index in [0.717, 1.165) is 17.7 Å². The molecular formula is C24H24Cl2N4O2. The first-order valence-corrected chi connectivity index (χ1v) is 11.4. The lowest BCUT2D eigenvalue weighted by molar-refractivity contribution is -0.132. The van der Waals surface area contributed by atoms with Crippen LogP contribution >= 0.6 is 23.2 Å². The zero-order chi connectivity index (χ0) is 22.7. The molecule has 3 aromatic rings. The van der Waals surface area contributed by atoms with Gasteiger partial charge in [-0.2, -0.15) is 5.10 Å². The van der Waals surface area contributed by atoms with Crippen LogP contribution in [-0.2, 0) is 17.8 Å². The average molecular weight is 471 g/mol. The van der Waals surface area contributed by atoms with Crippen LogP contribution in [0.5, 0.6) is 0 Å². The molecule has 166 valence electrons. The number of hydrogen-bond acceptors (Lipinski definition) is 4. The summed E-state index contributed by atoms with van der Waals surface area (Å²) in [7, 11) is 0. The monoisotopic (exact) mass is 470 g/mol. The molecule has 1 aliphatic heterocycles. The van der Waals surface area contributed by atoms with Crippen LogP contribution in [0, 0.1) is 0 Å². The van der Waals surface area contributed by atoms with Crippen LogP contribution in [0.3, 0.4) is 0 Å². The van der Waals surface area contributed by atoms with Gasteiger partial charge in [-0.05, 0) is 30.2 Å². The molecule has 0 spiro atoms. The van der Waals surface area contributed by atoms with Gasteiger partial charge in [0.1, 0.15) is 6.54 Å². The van der Waals surface area contributed by atoms with Gasteiger partial charge < -0.3 is 9.80 Å². The zero-order valence-corrected chi connectivity index (χ0v) is 19.3. The molecule has 1 saturated heterocycles. The van der Waals surface area contributed by atoms with E-state index in [1.165, 1.54) is 16.3 Å².